The molecule has 0 saturated carbocycles. The van der Waals surface area contributed by atoms with Crippen LogP contribution in [0.25, 0.3) is 0 Å². The molecule has 0 spiro atoms. The summed E-state index contributed by atoms with van der Waals surface area (Å²) in [4.78, 5) is 25.2. The second-order valence-corrected chi connectivity index (χ2v) is 7.90. The van der Waals surface area contributed by atoms with E-state index in [-0.39, 0.29) is 18.4 Å². The molecule has 1 heterocycles. The van der Waals surface area contributed by atoms with Gasteiger partial charge >= 0.3 is 11.9 Å². The van der Waals surface area contributed by atoms with Gasteiger partial charge in [0, 0.05) is 16.6 Å². The zero-order valence-electron chi connectivity index (χ0n) is 14.8. The summed E-state index contributed by atoms with van der Waals surface area (Å²) in [7, 11) is 0. The molecule has 140 valence electrons. The number of nitrogens with one attached hydrogen (secondary N) is 1. The number of alkyl halides is 1. The number of carbonyl (C=O) groups is 2. The molecule has 7 heteroatoms. The first-order chi connectivity index (χ1) is 12.1. The molecule has 2 atom stereocenters. The van der Waals surface area contributed by atoms with E-state index in [9.17, 15) is 9.59 Å². The minimum absolute atomic E-state index is 0.196. The maximum atomic E-state index is 12.2. The van der Waals surface area contributed by atoms with Crippen LogP contribution in [0.3, 0.4) is 0 Å². The van der Waals surface area contributed by atoms with Gasteiger partial charge in [0.1, 0.15) is 6.04 Å². The van der Waals surface area contributed by atoms with Gasteiger partial charge in [0.25, 0.3) is 0 Å². The van der Waals surface area contributed by atoms with Gasteiger partial charge in [-0.1, -0.05) is 15.9 Å². The molecule has 0 aromatic carbocycles. The molecule has 0 fully saturated rings. The summed E-state index contributed by atoms with van der Waals surface area (Å²) < 4.78 is 10.1. The number of carbonyl (C=O) groups excluding carboxylic acids is 2. The van der Waals surface area contributed by atoms with Gasteiger partial charge in [0.05, 0.1) is 18.2 Å². The average molecular weight is 432 g/mol. The number of rotatable bonds is 9. The molecule has 0 saturated heterocycles. The van der Waals surface area contributed by atoms with Crippen LogP contribution in [0, 0.1) is 5.92 Å². The number of hydrogen-bond acceptors (Lipinski definition) is 6. The maximum absolute atomic E-state index is 12.2. The molecule has 5 nitrogen and oxygen atoms in total. The fraction of sp³-hybridized carbons (Fsp3) is 0.667. The van der Waals surface area contributed by atoms with Crippen LogP contribution in [0.2, 0.25) is 0 Å². The predicted molar refractivity (Wildman–Crippen MR) is 104 cm³/mol. The lowest BCUT2D eigenvalue weighted by molar-refractivity contribution is -0.145. The molecular formula is C18H26BrNO4S. The van der Waals surface area contributed by atoms with E-state index in [2.05, 4.69) is 27.3 Å². The van der Waals surface area contributed by atoms with Crippen molar-refractivity contribution in [1.82, 2.24) is 0 Å². The molecule has 25 heavy (non-hydrogen) atoms. The minimum atomic E-state index is -0.531. The molecule has 1 aromatic heterocycles. The van der Waals surface area contributed by atoms with Crippen molar-refractivity contribution in [2.75, 3.05) is 23.9 Å². The predicted octanol–water partition coefficient (Wildman–Crippen LogP) is 3.93. The maximum Gasteiger partial charge on any atom is 0.328 e. The van der Waals surface area contributed by atoms with Crippen molar-refractivity contribution in [3.05, 3.63) is 16.5 Å². The SMILES string of the molecule is CCOC(=O)CC[C@H](Nc1cc2c(s1)CC(CBr)CC2)C(=O)OCC. The monoisotopic (exact) mass is 431 g/mol. The summed E-state index contributed by atoms with van der Waals surface area (Å²) in [5.41, 5.74) is 1.37. The van der Waals surface area contributed by atoms with Crippen molar-refractivity contribution in [1.29, 1.82) is 0 Å². The molecule has 1 N–H and O–H groups in total. The highest BCUT2D eigenvalue weighted by atomic mass is 79.9. The highest BCUT2D eigenvalue weighted by Gasteiger charge is 2.25. The Morgan fingerprint density at radius 2 is 2.12 bits per heavy atom. The lowest BCUT2D eigenvalue weighted by Gasteiger charge is -2.19. The number of hydrogen-bond donors (Lipinski definition) is 1. The summed E-state index contributed by atoms with van der Waals surface area (Å²) in [6.07, 6.45) is 3.92. The Morgan fingerprint density at radius 1 is 1.36 bits per heavy atom. The van der Waals surface area contributed by atoms with Crippen molar-refractivity contribution in [3.8, 4) is 0 Å². The lowest BCUT2D eigenvalue weighted by Crippen LogP contribution is -2.32. The fourth-order valence-corrected chi connectivity index (χ4v) is 4.77. The van der Waals surface area contributed by atoms with E-state index < -0.39 is 6.04 Å². The summed E-state index contributed by atoms with van der Waals surface area (Å²) in [5, 5.41) is 5.28. The van der Waals surface area contributed by atoms with Gasteiger partial charge < -0.3 is 14.8 Å². The van der Waals surface area contributed by atoms with E-state index >= 15 is 0 Å². The number of esters is 2. The van der Waals surface area contributed by atoms with Crippen molar-refractivity contribution < 1.29 is 19.1 Å². The number of ether oxygens (including phenoxy) is 2. The van der Waals surface area contributed by atoms with Crippen LogP contribution in [0.4, 0.5) is 5.00 Å². The Hall–Kier alpha value is -1.08. The summed E-state index contributed by atoms with van der Waals surface area (Å²) in [6, 6.07) is 1.61. The van der Waals surface area contributed by atoms with Gasteiger partial charge in [-0.15, -0.1) is 11.3 Å². The molecule has 0 aliphatic heterocycles. The largest absolute Gasteiger partial charge is 0.466 e. The molecule has 0 amide bonds. The van der Waals surface area contributed by atoms with Gasteiger partial charge in [-0.3, -0.25) is 4.79 Å². The molecule has 1 aliphatic rings. The zero-order valence-corrected chi connectivity index (χ0v) is 17.2. The Morgan fingerprint density at radius 3 is 2.80 bits per heavy atom. The van der Waals surface area contributed by atoms with E-state index in [1.807, 2.05) is 0 Å². The third kappa shape index (κ3) is 5.99. The van der Waals surface area contributed by atoms with Gasteiger partial charge in [-0.2, -0.15) is 0 Å². The van der Waals surface area contributed by atoms with Crippen LogP contribution in [0.5, 0.6) is 0 Å². The number of aryl methyl sites for hydroxylation is 1. The molecule has 0 radical (unpaired) electrons. The fourth-order valence-electron chi connectivity index (χ4n) is 2.94. The first-order valence-corrected chi connectivity index (χ1v) is 10.8. The first kappa shape index (κ1) is 20.2. The lowest BCUT2D eigenvalue weighted by atomic mass is 9.90. The topological polar surface area (TPSA) is 64.6 Å². The van der Waals surface area contributed by atoms with Crippen LogP contribution in [-0.2, 0) is 31.9 Å². The number of halogens is 1. The standard InChI is InChI=1S/C18H26BrNO4S/c1-3-23-17(21)8-7-14(18(22)24-4-2)20-16-10-13-6-5-12(11-19)9-15(13)25-16/h10,12,14,20H,3-9,11H2,1-2H3/t12?,14-/m0/s1. The Balaban J connectivity index is 2.02. The molecule has 0 bridgehead atoms. The molecule has 2 rings (SSSR count). The highest BCUT2D eigenvalue weighted by Crippen LogP contribution is 2.36. The quantitative estimate of drug-likeness (QED) is 0.473. The zero-order chi connectivity index (χ0) is 18.2. The normalized spacial score (nSPS) is 17.5. The van der Waals surface area contributed by atoms with Crippen LogP contribution < -0.4 is 5.32 Å². The van der Waals surface area contributed by atoms with Crippen molar-refractivity contribution in [2.45, 2.75) is 52.0 Å². The smallest absolute Gasteiger partial charge is 0.328 e. The molecular weight excluding hydrogens is 406 g/mol. The average Bonchev–Trinajstić information content (AvgIpc) is 3.00. The number of thiophene rings is 1. The molecule has 1 unspecified atom stereocenters. The van der Waals surface area contributed by atoms with E-state index in [1.165, 1.54) is 16.9 Å². The third-order valence-corrected chi connectivity index (χ3v) is 6.29. The van der Waals surface area contributed by atoms with Gasteiger partial charge in [-0.25, -0.2) is 4.79 Å². The van der Waals surface area contributed by atoms with Gasteiger partial charge in [0.2, 0.25) is 0 Å². The van der Waals surface area contributed by atoms with Gasteiger partial charge in [0.15, 0.2) is 0 Å². The summed E-state index contributed by atoms with van der Waals surface area (Å²) in [6.45, 7) is 4.23. The van der Waals surface area contributed by atoms with Gasteiger partial charge in [-0.05, 0) is 57.1 Å². The Labute approximate surface area is 161 Å². The highest BCUT2D eigenvalue weighted by molar-refractivity contribution is 9.09. The van der Waals surface area contributed by atoms with Crippen LogP contribution in [-0.4, -0.2) is 36.5 Å². The summed E-state index contributed by atoms with van der Waals surface area (Å²) >= 11 is 5.28. The third-order valence-electron chi connectivity index (χ3n) is 4.24. The summed E-state index contributed by atoms with van der Waals surface area (Å²) in [5.74, 6) is 0.0735. The van der Waals surface area contributed by atoms with Crippen molar-refractivity contribution >= 4 is 44.2 Å². The minimum Gasteiger partial charge on any atom is -0.466 e. The second kappa shape index (κ2) is 10.2. The molecule has 1 aromatic rings. The number of fused-ring (bicyclic) bond motifs is 1. The van der Waals surface area contributed by atoms with Crippen LogP contribution in [0.1, 0.15) is 43.6 Å². The van der Waals surface area contributed by atoms with Crippen LogP contribution in [0.15, 0.2) is 6.07 Å². The Bertz CT molecular complexity index is 590. The van der Waals surface area contributed by atoms with E-state index in [1.54, 1.807) is 25.2 Å². The second-order valence-electron chi connectivity index (χ2n) is 6.11. The number of anilines is 1. The molecule has 1 aliphatic carbocycles. The first-order valence-electron chi connectivity index (χ1n) is 8.83. The van der Waals surface area contributed by atoms with Crippen molar-refractivity contribution in [3.63, 3.8) is 0 Å². The van der Waals surface area contributed by atoms with Crippen LogP contribution >= 0.6 is 27.3 Å². The van der Waals surface area contributed by atoms with Crippen molar-refractivity contribution in [2.24, 2.45) is 5.92 Å². The Kier molecular flexibility index (Phi) is 8.22. The van der Waals surface area contributed by atoms with E-state index in [0.717, 1.165) is 23.2 Å². The van der Waals surface area contributed by atoms with E-state index in [4.69, 9.17) is 9.47 Å². The van der Waals surface area contributed by atoms with E-state index in [0.29, 0.717) is 25.6 Å².